The van der Waals surface area contributed by atoms with E-state index >= 15 is 0 Å². The molecule has 0 spiro atoms. The van der Waals surface area contributed by atoms with Crippen molar-refractivity contribution in [2.45, 2.75) is 51.0 Å². The number of anilines is 1. The number of hydrogen-bond acceptors (Lipinski definition) is 8. The van der Waals surface area contributed by atoms with Crippen molar-refractivity contribution < 1.29 is 20.1 Å². The van der Waals surface area contributed by atoms with E-state index in [2.05, 4.69) is 45.8 Å². The summed E-state index contributed by atoms with van der Waals surface area (Å²) in [7, 11) is 0. The number of aliphatic hydroxyl groups excluding tert-OH is 3. The van der Waals surface area contributed by atoms with Gasteiger partial charge in [-0.3, -0.25) is 4.57 Å². The Hall–Kier alpha value is -2.59. The third-order valence-corrected chi connectivity index (χ3v) is 5.22. The summed E-state index contributed by atoms with van der Waals surface area (Å²) in [6.07, 6.45) is -1.17. The zero-order valence-electron chi connectivity index (χ0n) is 16.3. The van der Waals surface area contributed by atoms with Crippen molar-refractivity contribution >= 4 is 17.0 Å². The van der Waals surface area contributed by atoms with Crippen LogP contribution in [0.4, 0.5) is 5.82 Å². The predicted molar refractivity (Wildman–Crippen MR) is 106 cm³/mol. The summed E-state index contributed by atoms with van der Waals surface area (Å²) in [5, 5.41) is 29.8. The molecule has 1 aliphatic heterocycles. The van der Waals surface area contributed by atoms with Crippen molar-refractivity contribution in [2.75, 3.05) is 11.5 Å². The Kier molecular flexibility index (Phi) is 5.46. The summed E-state index contributed by atoms with van der Waals surface area (Å²) in [6.45, 7) is 4.44. The molecule has 154 valence electrons. The highest BCUT2D eigenvalue weighted by atomic mass is 16.6. The van der Waals surface area contributed by atoms with Crippen molar-refractivity contribution in [3.05, 3.63) is 48.5 Å². The van der Waals surface area contributed by atoms with Crippen molar-refractivity contribution in [2.24, 2.45) is 0 Å². The molecule has 3 aromatic rings. The summed E-state index contributed by atoms with van der Waals surface area (Å²) in [5.74, 6) is 0.680. The second-order valence-electron chi connectivity index (χ2n) is 7.46. The Labute approximate surface area is 168 Å². The molecule has 2 aromatic heterocycles. The second kappa shape index (κ2) is 8.03. The van der Waals surface area contributed by atoms with Gasteiger partial charge in [0.2, 0.25) is 0 Å². The van der Waals surface area contributed by atoms with Crippen LogP contribution >= 0.6 is 0 Å². The summed E-state index contributed by atoms with van der Waals surface area (Å²) in [4.78, 5) is 15.4. The minimum absolute atomic E-state index is 0.160. The monoisotopic (exact) mass is 399 g/mol. The van der Waals surface area contributed by atoms with Gasteiger partial charge in [-0.25, -0.2) is 15.0 Å². The highest BCUT2D eigenvalue weighted by Crippen LogP contribution is 2.33. The fourth-order valence-electron chi connectivity index (χ4n) is 3.63. The molecule has 0 radical (unpaired) electrons. The fourth-order valence-corrected chi connectivity index (χ4v) is 3.63. The zero-order chi connectivity index (χ0) is 20.5. The minimum atomic E-state index is -1.20. The molecule has 1 fully saturated rings. The van der Waals surface area contributed by atoms with Crippen LogP contribution in [0.1, 0.15) is 25.6 Å². The van der Waals surface area contributed by atoms with Gasteiger partial charge in [0, 0.05) is 12.6 Å². The van der Waals surface area contributed by atoms with Crippen molar-refractivity contribution in [1.82, 2.24) is 19.5 Å². The van der Waals surface area contributed by atoms with E-state index in [1.54, 1.807) is 4.57 Å². The lowest BCUT2D eigenvalue weighted by Crippen LogP contribution is -2.33. The van der Waals surface area contributed by atoms with E-state index in [4.69, 9.17) is 4.74 Å². The Balaban J connectivity index is 1.72. The second-order valence-corrected chi connectivity index (χ2v) is 7.46. The highest BCUT2D eigenvalue weighted by Gasteiger charge is 2.44. The van der Waals surface area contributed by atoms with E-state index in [1.165, 1.54) is 12.7 Å². The van der Waals surface area contributed by atoms with Crippen LogP contribution in [-0.2, 0) is 11.3 Å². The van der Waals surface area contributed by atoms with Crippen LogP contribution in [0.25, 0.3) is 11.2 Å². The van der Waals surface area contributed by atoms with E-state index in [-0.39, 0.29) is 12.6 Å². The van der Waals surface area contributed by atoms with Gasteiger partial charge in [0.1, 0.15) is 24.6 Å². The predicted octanol–water partition coefficient (Wildman–Crippen LogP) is 0.853. The SMILES string of the molecule is CC(C)N(Cc1ccccc1)c1ncnc2c1ncn2C1O[C@H](CO)[C@@H](O)[C@H]1O. The maximum absolute atomic E-state index is 10.4. The first-order chi connectivity index (χ1) is 14.0. The lowest BCUT2D eigenvalue weighted by Gasteiger charge is -2.28. The van der Waals surface area contributed by atoms with Gasteiger partial charge in [-0.1, -0.05) is 30.3 Å². The molecule has 0 aliphatic carbocycles. The number of rotatable bonds is 6. The first-order valence-corrected chi connectivity index (χ1v) is 9.61. The number of benzene rings is 1. The van der Waals surface area contributed by atoms with Crippen LogP contribution in [0, 0.1) is 0 Å². The molecule has 9 nitrogen and oxygen atoms in total. The maximum atomic E-state index is 10.4. The lowest BCUT2D eigenvalue weighted by molar-refractivity contribution is -0.0511. The number of aliphatic hydroxyl groups is 3. The van der Waals surface area contributed by atoms with Gasteiger partial charge in [0.25, 0.3) is 0 Å². The van der Waals surface area contributed by atoms with Crippen LogP contribution in [0.3, 0.4) is 0 Å². The topological polar surface area (TPSA) is 117 Å². The molecule has 3 heterocycles. The normalized spacial score (nSPS) is 24.5. The molecule has 29 heavy (non-hydrogen) atoms. The van der Waals surface area contributed by atoms with E-state index in [9.17, 15) is 15.3 Å². The molecular formula is C20H25N5O4. The minimum Gasteiger partial charge on any atom is -0.394 e. The molecule has 4 atom stereocenters. The van der Waals surface area contributed by atoms with E-state index < -0.39 is 24.5 Å². The van der Waals surface area contributed by atoms with Crippen LogP contribution < -0.4 is 4.90 Å². The number of aromatic nitrogens is 4. The van der Waals surface area contributed by atoms with Crippen LogP contribution in [0.2, 0.25) is 0 Å². The van der Waals surface area contributed by atoms with Gasteiger partial charge in [-0.05, 0) is 19.4 Å². The summed E-state index contributed by atoms with van der Waals surface area (Å²) in [5.41, 5.74) is 2.22. The molecule has 3 N–H and O–H groups in total. The molecule has 4 rings (SSSR count). The molecule has 0 bridgehead atoms. The highest BCUT2D eigenvalue weighted by molar-refractivity contribution is 5.83. The van der Waals surface area contributed by atoms with Gasteiger partial charge < -0.3 is 25.0 Å². The zero-order valence-corrected chi connectivity index (χ0v) is 16.3. The van der Waals surface area contributed by atoms with Crippen molar-refractivity contribution in [3.63, 3.8) is 0 Å². The molecule has 9 heteroatoms. The number of fused-ring (bicyclic) bond motifs is 1. The van der Waals surface area contributed by atoms with Gasteiger partial charge in [0.05, 0.1) is 12.9 Å². The fraction of sp³-hybridized carbons (Fsp3) is 0.450. The number of nitrogens with zero attached hydrogens (tertiary/aromatic N) is 5. The average molecular weight is 399 g/mol. The first kappa shape index (κ1) is 19.7. The Morgan fingerprint density at radius 2 is 1.86 bits per heavy atom. The Bertz CT molecular complexity index is 964. The van der Waals surface area contributed by atoms with Gasteiger partial charge >= 0.3 is 0 Å². The lowest BCUT2D eigenvalue weighted by atomic mass is 10.1. The first-order valence-electron chi connectivity index (χ1n) is 9.61. The smallest absolute Gasteiger partial charge is 0.167 e. The molecule has 1 aliphatic rings. The Morgan fingerprint density at radius 1 is 1.10 bits per heavy atom. The van der Waals surface area contributed by atoms with Gasteiger partial charge in [0.15, 0.2) is 23.2 Å². The van der Waals surface area contributed by atoms with E-state index in [0.717, 1.165) is 5.56 Å². The van der Waals surface area contributed by atoms with Gasteiger partial charge in [-0.15, -0.1) is 0 Å². The van der Waals surface area contributed by atoms with E-state index in [1.807, 2.05) is 18.2 Å². The number of imidazole rings is 1. The van der Waals surface area contributed by atoms with Crippen molar-refractivity contribution in [1.29, 1.82) is 0 Å². The Morgan fingerprint density at radius 3 is 2.52 bits per heavy atom. The summed E-state index contributed by atoms with van der Waals surface area (Å²) in [6, 6.07) is 10.3. The van der Waals surface area contributed by atoms with Crippen LogP contribution in [-0.4, -0.2) is 65.8 Å². The average Bonchev–Trinajstić information content (AvgIpc) is 3.28. The van der Waals surface area contributed by atoms with Gasteiger partial charge in [-0.2, -0.15) is 0 Å². The van der Waals surface area contributed by atoms with E-state index in [0.29, 0.717) is 23.5 Å². The summed E-state index contributed by atoms with van der Waals surface area (Å²) >= 11 is 0. The third-order valence-electron chi connectivity index (χ3n) is 5.22. The molecule has 1 aromatic carbocycles. The maximum Gasteiger partial charge on any atom is 0.167 e. The molecule has 0 amide bonds. The molecular weight excluding hydrogens is 374 g/mol. The molecule has 1 saturated heterocycles. The van der Waals surface area contributed by atoms with Crippen LogP contribution in [0.5, 0.6) is 0 Å². The van der Waals surface area contributed by atoms with Crippen LogP contribution in [0.15, 0.2) is 43.0 Å². The molecule has 1 unspecified atom stereocenters. The standard InChI is InChI=1S/C20H25N5O4/c1-12(2)24(8-13-6-4-3-5-7-13)18-15-19(22-10-21-18)25(11-23-15)20-17(28)16(27)14(9-26)29-20/h3-7,10-12,14,16-17,20,26-28H,8-9H2,1-2H3/t14-,16-,17-,20?/m1/s1. The quantitative estimate of drug-likeness (QED) is 0.559. The number of ether oxygens (including phenoxy) is 1. The summed E-state index contributed by atoms with van der Waals surface area (Å²) < 4.78 is 7.20. The molecule has 0 saturated carbocycles. The number of hydrogen-bond donors (Lipinski definition) is 3. The van der Waals surface area contributed by atoms with Crippen molar-refractivity contribution in [3.8, 4) is 0 Å². The third kappa shape index (κ3) is 3.58. The largest absolute Gasteiger partial charge is 0.394 e.